The van der Waals surface area contributed by atoms with Crippen molar-refractivity contribution >= 4 is 57.5 Å². The molecular weight excluding hydrogens is 506 g/mol. The first-order valence-electron chi connectivity index (χ1n) is 12.0. The summed E-state index contributed by atoms with van der Waals surface area (Å²) in [5, 5.41) is 2.15. The Kier molecular flexibility index (Phi) is 7.17. The average molecular weight is 532 g/mol. The van der Waals surface area contributed by atoms with Crippen LogP contribution in [0.25, 0.3) is 17.0 Å². The van der Waals surface area contributed by atoms with E-state index in [0.29, 0.717) is 41.3 Å². The molecule has 1 aliphatic rings. The number of benzene rings is 3. The molecule has 0 N–H and O–H groups in total. The molecule has 37 heavy (non-hydrogen) atoms. The highest BCUT2D eigenvalue weighted by Gasteiger charge is 2.37. The third-order valence-corrected chi connectivity index (χ3v) is 6.90. The molecule has 0 unspecified atom stereocenters. The second kappa shape index (κ2) is 10.7. The standard InChI is InChI=1S/C29H26ClN3O3S/c1-3-35-23-14-10-22(11-15-23)33-28(34)27(31(2)29(33)37)18-20-19-32(26-7-5-4-6-25(20)26)16-17-36-24-12-8-21(30)9-13-24/h4-15,18-19H,3,16-17H2,1-2H3/b27-18-. The van der Waals surface area contributed by atoms with Gasteiger partial charge in [0.1, 0.15) is 23.8 Å². The van der Waals surface area contributed by atoms with E-state index in [2.05, 4.69) is 16.7 Å². The van der Waals surface area contributed by atoms with Gasteiger partial charge < -0.3 is 18.9 Å². The van der Waals surface area contributed by atoms with Crippen LogP contribution in [0.4, 0.5) is 5.69 Å². The minimum absolute atomic E-state index is 0.167. The van der Waals surface area contributed by atoms with Gasteiger partial charge in [0.05, 0.1) is 18.8 Å². The van der Waals surface area contributed by atoms with E-state index >= 15 is 0 Å². The maximum atomic E-state index is 13.5. The lowest BCUT2D eigenvalue weighted by atomic mass is 10.1. The first-order chi connectivity index (χ1) is 18.0. The van der Waals surface area contributed by atoms with Gasteiger partial charge in [0, 0.05) is 34.7 Å². The number of carbonyl (C=O) groups is 1. The number of fused-ring (bicyclic) bond motifs is 1. The number of likely N-dealkylation sites (N-methyl/N-ethyl adjacent to an activating group) is 1. The number of thiocarbonyl (C=S) groups is 1. The van der Waals surface area contributed by atoms with Crippen molar-refractivity contribution in [3.63, 3.8) is 0 Å². The number of carbonyl (C=O) groups excluding carboxylic acids is 1. The fraction of sp³-hybridized carbons (Fsp3) is 0.172. The van der Waals surface area contributed by atoms with E-state index in [1.807, 2.05) is 86.9 Å². The highest BCUT2D eigenvalue weighted by molar-refractivity contribution is 7.80. The van der Waals surface area contributed by atoms with E-state index in [0.717, 1.165) is 28.0 Å². The summed E-state index contributed by atoms with van der Waals surface area (Å²) in [6.45, 7) is 3.65. The molecule has 0 radical (unpaired) electrons. The smallest absolute Gasteiger partial charge is 0.281 e. The summed E-state index contributed by atoms with van der Waals surface area (Å²) in [6, 6.07) is 22.8. The van der Waals surface area contributed by atoms with Crippen LogP contribution >= 0.6 is 23.8 Å². The lowest BCUT2D eigenvalue weighted by Crippen LogP contribution is -2.31. The van der Waals surface area contributed by atoms with E-state index in [-0.39, 0.29) is 5.91 Å². The second-order valence-electron chi connectivity index (χ2n) is 8.54. The molecule has 1 fully saturated rings. The highest BCUT2D eigenvalue weighted by Crippen LogP contribution is 2.31. The Morgan fingerprint density at radius 2 is 1.62 bits per heavy atom. The molecule has 8 heteroatoms. The van der Waals surface area contributed by atoms with Crippen molar-refractivity contribution in [1.82, 2.24) is 9.47 Å². The van der Waals surface area contributed by atoms with Crippen LogP contribution in [0.5, 0.6) is 11.5 Å². The lowest BCUT2D eigenvalue weighted by Gasteiger charge is -2.16. The topological polar surface area (TPSA) is 46.9 Å². The van der Waals surface area contributed by atoms with Crippen LogP contribution in [0, 0.1) is 0 Å². The van der Waals surface area contributed by atoms with Gasteiger partial charge >= 0.3 is 0 Å². The first-order valence-corrected chi connectivity index (χ1v) is 12.8. The quantitative estimate of drug-likeness (QED) is 0.195. The molecule has 188 valence electrons. The number of hydrogen-bond acceptors (Lipinski definition) is 4. The van der Waals surface area contributed by atoms with Crippen LogP contribution in [0.3, 0.4) is 0 Å². The number of hydrogen-bond donors (Lipinski definition) is 0. The Balaban J connectivity index is 1.40. The summed E-state index contributed by atoms with van der Waals surface area (Å²) in [5.41, 5.74) is 3.22. The molecular formula is C29H26ClN3O3S. The van der Waals surface area contributed by atoms with Crippen LogP contribution in [-0.2, 0) is 11.3 Å². The third kappa shape index (κ3) is 5.05. The molecule has 2 heterocycles. The number of amides is 1. The van der Waals surface area contributed by atoms with E-state index < -0.39 is 0 Å². The largest absolute Gasteiger partial charge is 0.494 e. The second-order valence-corrected chi connectivity index (χ2v) is 9.34. The van der Waals surface area contributed by atoms with Gasteiger partial charge in [-0.1, -0.05) is 29.8 Å². The lowest BCUT2D eigenvalue weighted by molar-refractivity contribution is -0.114. The first kappa shape index (κ1) is 24.9. The molecule has 1 amide bonds. The van der Waals surface area contributed by atoms with E-state index in [1.54, 1.807) is 9.80 Å². The maximum Gasteiger partial charge on any atom is 0.281 e. The third-order valence-electron chi connectivity index (χ3n) is 6.19. The van der Waals surface area contributed by atoms with Crippen LogP contribution in [0.1, 0.15) is 12.5 Å². The van der Waals surface area contributed by atoms with Crippen molar-refractivity contribution in [2.75, 3.05) is 25.2 Å². The van der Waals surface area contributed by atoms with Gasteiger partial charge in [-0.3, -0.25) is 9.69 Å². The summed E-state index contributed by atoms with van der Waals surface area (Å²) in [7, 11) is 1.82. The zero-order valence-corrected chi connectivity index (χ0v) is 22.1. The fourth-order valence-corrected chi connectivity index (χ4v) is 4.77. The zero-order chi connectivity index (χ0) is 25.9. The Morgan fingerprint density at radius 3 is 2.35 bits per heavy atom. The average Bonchev–Trinajstić information content (AvgIpc) is 3.36. The summed E-state index contributed by atoms with van der Waals surface area (Å²) >= 11 is 11.6. The molecule has 3 aromatic carbocycles. The number of aromatic nitrogens is 1. The molecule has 1 aromatic heterocycles. The fourth-order valence-electron chi connectivity index (χ4n) is 4.36. The molecule has 1 saturated heterocycles. The van der Waals surface area contributed by atoms with Crippen molar-refractivity contribution in [1.29, 1.82) is 0 Å². The summed E-state index contributed by atoms with van der Waals surface area (Å²) in [4.78, 5) is 16.8. The normalized spacial score (nSPS) is 14.7. The van der Waals surface area contributed by atoms with Crippen molar-refractivity contribution < 1.29 is 14.3 Å². The van der Waals surface area contributed by atoms with Crippen molar-refractivity contribution in [2.24, 2.45) is 0 Å². The number of para-hydroxylation sites is 1. The molecule has 5 rings (SSSR count). The SMILES string of the molecule is CCOc1ccc(N2C(=O)/C(=C/c3cn(CCOc4ccc(Cl)cc4)c4ccccc34)N(C)C2=S)cc1. The number of rotatable bonds is 8. The highest BCUT2D eigenvalue weighted by atomic mass is 35.5. The summed E-state index contributed by atoms with van der Waals surface area (Å²) < 4.78 is 13.6. The molecule has 0 spiro atoms. The van der Waals surface area contributed by atoms with Crippen molar-refractivity contribution in [2.45, 2.75) is 13.5 Å². The minimum Gasteiger partial charge on any atom is -0.494 e. The van der Waals surface area contributed by atoms with Crippen LogP contribution in [0.15, 0.2) is 84.7 Å². The maximum absolute atomic E-state index is 13.5. The van der Waals surface area contributed by atoms with E-state index in [1.165, 1.54) is 0 Å². The van der Waals surface area contributed by atoms with E-state index in [4.69, 9.17) is 33.3 Å². The van der Waals surface area contributed by atoms with Crippen LogP contribution < -0.4 is 14.4 Å². The number of anilines is 1. The Morgan fingerprint density at radius 1 is 0.946 bits per heavy atom. The molecule has 1 aliphatic heterocycles. The number of ether oxygens (including phenoxy) is 2. The number of nitrogens with zero attached hydrogens (tertiary/aromatic N) is 3. The van der Waals surface area contributed by atoms with Gasteiger partial charge in [-0.25, -0.2) is 0 Å². The summed E-state index contributed by atoms with van der Waals surface area (Å²) in [6.07, 6.45) is 3.95. The molecule has 0 bridgehead atoms. The van der Waals surface area contributed by atoms with Gasteiger partial charge in [-0.15, -0.1) is 0 Å². The monoisotopic (exact) mass is 531 g/mol. The predicted octanol–water partition coefficient (Wildman–Crippen LogP) is 6.38. The van der Waals surface area contributed by atoms with Gasteiger partial charge in [0.2, 0.25) is 0 Å². The molecule has 0 aliphatic carbocycles. The predicted molar refractivity (Wildman–Crippen MR) is 152 cm³/mol. The van der Waals surface area contributed by atoms with Crippen molar-refractivity contribution in [3.05, 3.63) is 95.3 Å². The minimum atomic E-state index is -0.167. The Bertz CT molecular complexity index is 1480. The van der Waals surface area contributed by atoms with Gasteiger partial charge in [0.25, 0.3) is 5.91 Å². The Hall–Kier alpha value is -3.81. The van der Waals surface area contributed by atoms with Crippen molar-refractivity contribution in [3.8, 4) is 11.5 Å². The van der Waals surface area contributed by atoms with Crippen LogP contribution in [-0.4, -0.2) is 40.7 Å². The molecule has 0 atom stereocenters. The van der Waals surface area contributed by atoms with Gasteiger partial charge in [0.15, 0.2) is 5.11 Å². The van der Waals surface area contributed by atoms with Crippen LogP contribution in [0.2, 0.25) is 5.02 Å². The summed E-state index contributed by atoms with van der Waals surface area (Å²) in [5.74, 6) is 1.35. The molecule has 0 saturated carbocycles. The molecule has 6 nitrogen and oxygen atoms in total. The molecule has 4 aromatic rings. The zero-order valence-electron chi connectivity index (χ0n) is 20.6. The van der Waals surface area contributed by atoms with E-state index in [9.17, 15) is 4.79 Å². The number of halogens is 1. The van der Waals surface area contributed by atoms with Gasteiger partial charge in [-0.2, -0.15) is 0 Å². The van der Waals surface area contributed by atoms with Gasteiger partial charge in [-0.05, 0) is 79.8 Å². The Labute approximate surface area is 226 Å².